The van der Waals surface area contributed by atoms with Crippen molar-refractivity contribution in [1.82, 2.24) is 39.1 Å². The van der Waals surface area contributed by atoms with E-state index in [1.807, 2.05) is 12.1 Å². The minimum absolute atomic E-state index is 0.00850. The van der Waals surface area contributed by atoms with Crippen molar-refractivity contribution >= 4 is 42.1 Å². The van der Waals surface area contributed by atoms with Crippen molar-refractivity contribution in [3.8, 4) is 39.9 Å². The molecular weight excluding hydrogens is 941 g/mol. The van der Waals surface area contributed by atoms with Crippen LogP contribution in [0.2, 0.25) is 0 Å². The summed E-state index contributed by atoms with van der Waals surface area (Å²) in [6.45, 7) is 5.20. The first-order valence-electron chi connectivity index (χ1n) is 20.4. The first-order valence-corrected chi connectivity index (χ1v) is 24.2. The fraction of sp³-hybridized carbons (Fsp3) is 0.311. The number of methoxy groups -OCH3 is 3. The Hall–Kier alpha value is -5.93. The fourth-order valence-electron chi connectivity index (χ4n) is 7.19. The van der Waals surface area contributed by atoms with Gasteiger partial charge in [-0.15, -0.1) is 10.2 Å². The number of ether oxygens (including phenoxy) is 4. The van der Waals surface area contributed by atoms with E-state index in [-0.39, 0.29) is 56.1 Å². The number of carbonyl (C=O) groups excluding carboxylic acids is 1. The average Bonchev–Trinajstić information content (AvgIpc) is 3.95. The number of rotatable bonds is 16. The van der Waals surface area contributed by atoms with Gasteiger partial charge in [-0.1, -0.05) is 48.5 Å². The molecule has 0 radical (unpaired) electrons. The molecule has 0 spiro atoms. The molecule has 20 heteroatoms. The lowest BCUT2D eigenvalue weighted by molar-refractivity contribution is 0.0292. The standard InChI is InChI=1S/C45H49BrN8O9S2/c1-45(2,3)63-44(55)52-25-24-33(29-52)50-64(56,57)39-23-22-37(38-8-7-9-40(46)47-38)41(43-48-51-54(49-43)28-32-14-20-36(62-6)21-15-32)42(39)65(58,59)53(26-30-10-16-34(60-4)17-11-30)27-31-12-18-35(61-5)19-13-31/h7-23,33,50H,24-29H2,1-6H3/t33-/m1/s1. The van der Waals surface area contributed by atoms with Gasteiger partial charge in [-0.25, -0.2) is 31.3 Å². The zero-order valence-electron chi connectivity index (χ0n) is 36.6. The number of halogens is 1. The third-order valence-corrected chi connectivity index (χ3v) is 14.4. The van der Waals surface area contributed by atoms with Crippen molar-refractivity contribution in [2.24, 2.45) is 0 Å². The van der Waals surface area contributed by atoms with Crippen molar-refractivity contribution in [2.75, 3.05) is 34.4 Å². The molecule has 0 bridgehead atoms. The normalized spacial score (nSPS) is 14.4. The highest BCUT2D eigenvalue weighted by atomic mass is 79.9. The van der Waals surface area contributed by atoms with E-state index in [0.29, 0.717) is 38.7 Å². The van der Waals surface area contributed by atoms with Gasteiger partial charge in [0.15, 0.2) is 0 Å². The number of aromatic nitrogens is 5. The van der Waals surface area contributed by atoms with Crippen LogP contribution in [-0.4, -0.2) is 103 Å². The van der Waals surface area contributed by atoms with Crippen LogP contribution in [0.1, 0.15) is 43.9 Å². The molecular formula is C45H49BrN8O9S2. The summed E-state index contributed by atoms with van der Waals surface area (Å²) in [7, 11) is -4.99. The molecule has 1 aliphatic heterocycles. The molecule has 1 amide bonds. The van der Waals surface area contributed by atoms with E-state index < -0.39 is 47.6 Å². The Bertz CT molecular complexity index is 2810. The average molecular weight is 990 g/mol. The third kappa shape index (κ3) is 11.3. The van der Waals surface area contributed by atoms with Crippen LogP contribution in [0.15, 0.2) is 118 Å². The van der Waals surface area contributed by atoms with Crippen LogP contribution >= 0.6 is 15.9 Å². The van der Waals surface area contributed by atoms with Crippen molar-refractivity contribution in [3.05, 3.63) is 124 Å². The van der Waals surface area contributed by atoms with E-state index in [0.717, 1.165) is 5.56 Å². The summed E-state index contributed by atoms with van der Waals surface area (Å²) in [4.78, 5) is 19.2. The summed E-state index contributed by atoms with van der Waals surface area (Å²) in [6, 6.07) is 28.1. The molecule has 4 aromatic carbocycles. The molecule has 1 atom stereocenters. The van der Waals surface area contributed by atoms with Crippen molar-refractivity contribution < 1.29 is 40.6 Å². The van der Waals surface area contributed by atoms with E-state index in [9.17, 15) is 13.2 Å². The minimum atomic E-state index is -4.90. The predicted molar refractivity (Wildman–Crippen MR) is 245 cm³/mol. The zero-order valence-corrected chi connectivity index (χ0v) is 39.9. The lowest BCUT2D eigenvalue weighted by Gasteiger charge is -2.26. The van der Waals surface area contributed by atoms with E-state index in [4.69, 9.17) is 24.0 Å². The number of tetrazole rings is 1. The molecule has 3 heterocycles. The van der Waals surface area contributed by atoms with Crippen LogP contribution in [0.5, 0.6) is 17.2 Å². The van der Waals surface area contributed by atoms with Gasteiger partial charge in [-0.3, -0.25) is 0 Å². The molecule has 342 valence electrons. The second-order valence-corrected chi connectivity index (χ2v) is 20.5. The fourth-order valence-corrected chi connectivity index (χ4v) is 11.2. The number of nitrogens with one attached hydrogen (secondary N) is 1. The van der Waals surface area contributed by atoms with Gasteiger partial charge in [0.25, 0.3) is 0 Å². The number of amides is 1. The summed E-state index contributed by atoms with van der Waals surface area (Å²) >= 11 is 3.44. The molecule has 1 aliphatic rings. The molecule has 65 heavy (non-hydrogen) atoms. The van der Waals surface area contributed by atoms with Crippen LogP contribution in [0.4, 0.5) is 4.79 Å². The number of pyridine rings is 1. The Balaban J connectivity index is 1.43. The van der Waals surface area contributed by atoms with Gasteiger partial charge in [-0.2, -0.15) is 9.10 Å². The summed E-state index contributed by atoms with van der Waals surface area (Å²) in [5.74, 6) is 1.61. The highest BCUT2D eigenvalue weighted by Crippen LogP contribution is 2.41. The lowest BCUT2D eigenvalue weighted by Crippen LogP contribution is -2.41. The van der Waals surface area contributed by atoms with Gasteiger partial charge in [0.2, 0.25) is 25.9 Å². The maximum Gasteiger partial charge on any atom is 0.410 e. The number of sulfonamides is 2. The maximum atomic E-state index is 16.0. The summed E-state index contributed by atoms with van der Waals surface area (Å²) in [5.41, 5.74) is 1.58. The Kier molecular flexibility index (Phi) is 14.2. The van der Waals surface area contributed by atoms with Gasteiger partial charge in [0.05, 0.1) is 39.1 Å². The minimum Gasteiger partial charge on any atom is -0.497 e. The highest BCUT2D eigenvalue weighted by Gasteiger charge is 2.40. The van der Waals surface area contributed by atoms with Crippen molar-refractivity contribution in [2.45, 2.75) is 68.3 Å². The number of carbonyl (C=O) groups is 1. The van der Waals surface area contributed by atoms with Crippen molar-refractivity contribution in [3.63, 3.8) is 0 Å². The molecule has 17 nitrogen and oxygen atoms in total. The van der Waals surface area contributed by atoms with Crippen LogP contribution in [-0.2, 0) is 44.4 Å². The molecule has 0 unspecified atom stereocenters. The van der Waals surface area contributed by atoms with E-state index in [1.165, 1.54) is 40.4 Å². The smallest absolute Gasteiger partial charge is 0.410 e. The number of benzene rings is 4. The van der Waals surface area contributed by atoms with Crippen LogP contribution in [0.25, 0.3) is 22.6 Å². The first kappa shape index (κ1) is 47.0. The molecule has 1 fully saturated rings. The molecule has 7 rings (SSSR count). The molecule has 1 saturated heterocycles. The molecule has 6 aromatic rings. The number of hydrogen-bond donors (Lipinski definition) is 1. The van der Waals surface area contributed by atoms with Crippen LogP contribution in [0, 0.1) is 0 Å². The first-order chi connectivity index (χ1) is 31.0. The second-order valence-electron chi connectivity index (χ2n) is 16.2. The predicted octanol–water partition coefficient (Wildman–Crippen LogP) is 6.92. The topological polar surface area (TPSA) is 197 Å². The Labute approximate surface area is 386 Å². The number of hydrogen-bond acceptors (Lipinski definition) is 13. The number of nitrogens with zero attached hydrogens (tertiary/aromatic N) is 7. The summed E-state index contributed by atoms with van der Waals surface area (Å²) in [6.07, 6.45) is -0.345. The van der Waals surface area contributed by atoms with Gasteiger partial charge >= 0.3 is 6.09 Å². The van der Waals surface area contributed by atoms with Crippen LogP contribution in [0.3, 0.4) is 0 Å². The quantitative estimate of drug-likeness (QED) is 0.0983. The van der Waals surface area contributed by atoms with Gasteiger partial charge < -0.3 is 23.8 Å². The van der Waals surface area contributed by atoms with Gasteiger partial charge in [0.1, 0.15) is 37.2 Å². The second kappa shape index (κ2) is 19.7. The van der Waals surface area contributed by atoms with E-state index in [2.05, 4.69) is 35.9 Å². The Morgan fingerprint density at radius 1 is 0.800 bits per heavy atom. The monoisotopic (exact) mass is 988 g/mol. The van der Waals surface area contributed by atoms with Crippen LogP contribution < -0.4 is 18.9 Å². The largest absolute Gasteiger partial charge is 0.497 e. The molecule has 1 N–H and O–H groups in total. The Morgan fingerprint density at radius 3 is 1.91 bits per heavy atom. The number of likely N-dealkylation sites (tertiary alicyclic amines) is 1. The molecule has 2 aromatic heterocycles. The van der Waals surface area contributed by atoms with Crippen molar-refractivity contribution in [1.29, 1.82) is 0 Å². The van der Waals surface area contributed by atoms with E-state index in [1.54, 1.807) is 107 Å². The SMILES string of the molecule is COc1ccc(CN(Cc2ccc(OC)cc2)S(=O)(=O)c2c(S(=O)(=O)N[C@@H]3CCN(C(=O)OC(C)(C)C)C3)ccc(-c3cccc(Br)n3)c2-c2nnn(Cc3ccc(OC)cc3)n2)cc1. The van der Waals surface area contributed by atoms with Gasteiger partial charge in [-0.05, 0) is 120 Å². The lowest BCUT2D eigenvalue weighted by atomic mass is 10.0. The molecule has 0 aliphatic carbocycles. The Morgan fingerprint density at radius 2 is 1.37 bits per heavy atom. The maximum absolute atomic E-state index is 16.0. The third-order valence-electron chi connectivity index (χ3n) is 10.4. The zero-order chi connectivity index (χ0) is 46.5. The van der Waals surface area contributed by atoms with E-state index >= 15 is 8.42 Å². The molecule has 0 saturated carbocycles. The summed E-state index contributed by atoms with van der Waals surface area (Å²) < 4.78 is 87.8. The highest BCUT2D eigenvalue weighted by molar-refractivity contribution is 9.10. The summed E-state index contributed by atoms with van der Waals surface area (Å²) in [5, 5.41) is 13.4. The van der Waals surface area contributed by atoms with Gasteiger partial charge in [0, 0.05) is 37.8 Å².